The smallest absolute Gasteiger partial charge is 0.328 e. The summed E-state index contributed by atoms with van der Waals surface area (Å²) in [5.74, 6) is 0.283. The highest BCUT2D eigenvalue weighted by molar-refractivity contribution is 5.97. The van der Waals surface area contributed by atoms with Crippen LogP contribution in [0.15, 0.2) is 50.6 Å². The SMILES string of the molecule is CCn1c(=O)[nH]c2cc(C(=O)N(CCC#N)Cc3ccco3)ccc2c1=O. The zero-order valence-corrected chi connectivity index (χ0v) is 14.8. The quantitative estimate of drug-likeness (QED) is 0.715. The number of hydrogen-bond acceptors (Lipinski definition) is 5. The first-order chi connectivity index (χ1) is 13.0. The lowest BCUT2D eigenvalue weighted by Gasteiger charge is -2.20. The van der Waals surface area contributed by atoms with Gasteiger partial charge in [0, 0.05) is 18.7 Å². The fourth-order valence-corrected chi connectivity index (χ4v) is 2.89. The molecule has 2 aromatic heterocycles. The molecule has 0 unspecified atom stereocenters. The van der Waals surface area contributed by atoms with E-state index in [4.69, 9.17) is 9.68 Å². The van der Waals surface area contributed by atoms with Crippen molar-refractivity contribution in [1.29, 1.82) is 5.26 Å². The van der Waals surface area contributed by atoms with Crippen LogP contribution in [0.4, 0.5) is 0 Å². The topological polar surface area (TPSA) is 112 Å². The Hall–Kier alpha value is -3.60. The van der Waals surface area contributed by atoms with Crippen LogP contribution in [0, 0.1) is 11.3 Å². The van der Waals surface area contributed by atoms with Gasteiger partial charge in [-0.1, -0.05) is 0 Å². The summed E-state index contributed by atoms with van der Waals surface area (Å²) in [6.07, 6.45) is 1.69. The number of nitriles is 1. The maximum Gasteiger partial charge on any atom is 0.328 e. The highest BCUT2D eigenvalue weighted by Gasteiger charge is 2.18. The Morgan fingerprint density at radius 1 is 1.33 bits per heavy atom. The number of carbonyl (C=O) groups is 1. The van der Waals surface area contributed by atoms with Crippen molar-refractivity contribution in [3.8, 4) is 6.07 Å². The van der Waals surface area contributed by atoms with Crippen LogP contribution in [0.2, 0.25) is 0 Å². The summed E-state index contributed by atoms with van der Waals surface area (Å²) in [6.45, 7) is 2.43. The number of nitrogens with zero attached hydrogens (tertiary/aromatic N) is 3. The van der Waals surface area contributed by atoms with Gasteiger partial charge in [0.25, 0.3) is 11.5 Å². The molecule has 27 heavy (non-hydrogen) atoms. The number of nitrogens with one attached hydrogen (secondary N) is 1. The van der Waals surface area contributed by atoms with Gasteiger partial charge in [0.1, 0.15) is 5.76 Å². The fraction of sp³-hybridized carbons (Fsp3) is 0.263. The average molecular weight is 366 g/mol. The summed E-state index contributed by atoms with van der Waals surface area (Å²) >= 11 is 0. The number of aromatic amines is 1. The number of H-pyrrole nitrogens is 1. The van der Waals surface area contributed by atoms with Gasteiger partial charge in [-0.15, -0.1) is 0 Å². The van der Waals surface area contributed by atoms with Gasteiger partial charge in [-0.05, 0) is 37.3 Å². The van der Waals surface area contributed by atoms with Gasteiger partial charge < -0.3 is 14.3 Å². The number of hydrogen-bond donors (Lipinski definition) is 1. The van der Waals surface area contributed by atoms with Crippen LogP contribution < -0.4 is 11.2 Å². The van der Waals surface area contributed by atoms with Crippen molar-refractivity contribution < 1.29 is 9.21 Å². The Balaban J connectivity index is 1.98. The second-order valence-electron chi connectivity index (χ2n) is 5.95. The third-order valence-corrected chi connectivity index (χ3v) is 4.25. The van der Waals surface area contributed by atoms with Crippen molar-refractivity contribution in [2.24, 2.45) is 0 Å². The van der Waals surface area contributed by atoms with E-state index in [1.54, 1.807) is 25.1 Å². The van der Waals surface area contributed by atoms with Gasteiger partial charge in [-0.3, -0.25) is 14.2 Å². The first-order valence-electron chi connectivity index (χ1n) is 8.50. The van der Waals surface area contributed by atoms with E-state index in [9.17, 15) is 14.4 Å². The first-order valence-corrected chi connectivity index (χ1v) is 8.50. The van der Waals surface area contributed by atoms with Gasteiger partial charge in [0.2, 0.25) is 0 Å². The molecular formula is C19H18N4O4. The van der Waals surface area contributed by atoms with Gasteiger partial charge in [-0.25, -0.2) is 4.79 Å². The lowest BCUT2D eigenvalue weighted by atomic mass is 10.1. The van der Waals surface area contributed by atoms with E-state index in [-0.39, 0.29) is 32.0 Å². The van der Waals surface area contributed by atoms with Crippen LogP contribution in [-0.4, -0.2) is 26.9 Å². The van der Waals surface area contributed by atoms with Crippen molar-refractivity contribution >= 4 is 16.8 Å². The third kappa shape index (κ3) is 3.67. The molecule has 0 spiro atoms. The zero-order chi connectivity index (χ0) is 19.4. The highest BCUT2D eigenvalue weighted by Crippen LogP contribution is 2.14. The van der Waals surface area contributed by atoms with Crippen molar-refractivity contribution in [2.45, 2.75) is 26.4 Å². The van der Waals surface area contributed by atoms with Crippen molar-refractivity contribution in [1.82, 2.24) is 14.5 Å². The Kier molecular flexibility index (Phi) is 5.22. The largest absolute Gasteiger partial charge is 0.467 e. The predicted octanol–water partition coefficient (Wildman–Crippen LogP) is 1.86. The molecule has 0 aliphatic carbocycles. The second-order valence-corrected chi connectivity index (χ2v) is 5.95. The van der Waals surface area contributed by atoms with Gasteiger partial charge in [0.15, 0.2) is 0 Å². The molecule has 0 saturated carbocycles. The molecule has 0 aliphatic rings. The summed E-state index contributed by atoms with van der Waals surface area (Å²) in [6, 6.07) is 10.1. The first kappa shape index (κ1) is 18.2. The minimum absolute atomic E-state index is 0.179. The Labute approximate surface area is 154 Å². The van der Waals surface area contributed by atoms with Gasteiger partial charge in [0.05, 0.1) is 36.2 Å². The van der Waals surface area contributed by atoms with Crippen molar-refractivity contribution in [2.75, 3.05) is 6.54 Å². The Bertz CT molecular complexity index is 1120. The van der Waals surface area contributed by atoms with Crippen LogP contribution in [0.25, 0.3) is 10.9 Å². The number of aromatic nitrogens is 2. The van der Waals surface area contributed by atoms with Crippen LogP contribution in [0.1, 0.15) is 29.5 Å². The lowest BCUT2D eigenvalue weighted by molar-refractivity contribution is 0.0735. The molecule has 3 rings (SSSR count). The number of fused-ring (bicyclic) bond motifs is 1. The minimum Gasteiger partial charge on any atom is -0.467 e. The fourth-order valence-electron chi connectivity index (χ4n) is 2.89. The number of benzene rings is 1. The molecule has 8 nitrogen and oxygen atoms in total. The van der Waals surface area contributed by atoms with E-state index in [1.807, 2.05) is 6.07 Å². The number of rotatable bonds is 6. The monoisotopic (exact) mass is 366 g/mol. The van der Waals surface area contributed by atoms with E-state index in [2.05, 4.69) is 4.98 Å². The summed E-state index contributed by atoms with van der Waals surface area (Å²) in [5.41, 5.74) is -0.293. The van der Waals surface area contributed by atoms with Gasteiger partial charge in [-0.2, -0.15) is 5.26 Å². The van der Waals surface area contributed by atoms with Crippen LogP contribution in [0.3, 0.4) is 0 Å². The standard InChI is InChI=1S/C19H18N4O4/c1-2-23-18(25)15-7-6-13(11-16(15)21-19(23)26)17(24)22(9-4-8-20)12-14-5-3-10-27-14/h3,5-7,10-11H,2,4,9,12H2,1H3,(H,21,26). The Morgan fingerprint density at radius 2 is 2.15 bits per heavy atom. The molecule has 3 aromatic rings. The predicted molar refractivity (Wildman–Crippen MR) is 98.2 cm³/mol. The average Bonchev–Trinajstić information content (AvgIpc) is 3.17. The maximum absolute atomic E-state index is 12.9. The number of furan rings is 1. The molecule has 138 valence electrons. The van der Waals surface area contributed by atoms with E-state index >= 15 is 0 Å². The van der Waals surface area contributed by atoms with Crippen LogP contribution >= 0.6 is 0 Å². The highest BCUT2D eigenvalue weighted by atomic mass is 16.3. The molecule has 1 aromatic carbocycles. The number of amides is 1. The molecule has 8 heteroatoms. The minimum atomic E-state index is -0.517. The van der Waals surface area contributed by atoms with E-state index in [1.165, 1.54) is 23.3 Å². The summed E-state index contributed by atoms with van der Waals surface area (Å²) < 4.78 is 6.39. The molecule has 2 heterocycles. The summed E-state index contributed by atoms with van der Waals surface area (Å²) in [4.78, 5) is 41.4. The summed E-state index contributed by atoms with van der Waals surface area (Å²) in [7, 11) is 0. The molecule has 0 aliphatic heterocycles. The third-order valence-electron chi connectivity index (χ3n) is 4.25. The molecule has 0 radical (unpaired) electrons. The molecule has 1 N–H and O–H groups in total. The molecule has 0 bridgehead atoms. The van der Waals surface area contributed by atoms with Crippen LogP contribution in [-0.2, 0) is 13.1 Å². The van der Waals surface area contributed by atoms with E-state index < -0.39 is 11.2 Å². The van der Waals surface area contributed by atoms with E-state index in [0.717, 1.165) is 4.57 Å². The zero-order valence-electron chi connectivity index (χ0n) is 14.8. The summed E-state index contributed by atoms with van der Waals surface area (Å²) in [5, 5.41) is 9.19. The second kappa shape index (κ2) is 7.74. The van der Waals surface area contributed by atoms with E-state index in [0.29, 0.717) is 22.2 Å². The van der Waals surface area contributed by atoms with Crippen molar-refractivity contribution in [3.63, 3.8) is 0 Å². The van der Waals surface area contributed by atoms with Crippen LogP contribution in [0.5, 0.6) is 0 Å². The normalized spacial score (nSPS) is 10.7. The van der Waals surface area contributed by atoms with Gasteiger partial charge >= 0.3 is 5.69 Å². The maximum atomic E-state index is 12.9. The number of carbonyl (C=O) groups excluding carboxylic acids is 1. The molecule has 1 amide bonds. The molecule has 0 fully saturated rings. The van der Waals surface area contributed by atoms with Crippen molar-refractivity contribution in [3.05, 3.63) is 68.8 Å². The molecule has 0 atom stereocenters. The lowest BCUT2D eigenvalue weighted by Crippen LogP contribution is -2.34. The molecule has 0 saturated heterocycles. The Morgan fingerprint density at radius 3 is 2.81 bits per heavy atom. The molecular weight excluding hydrogens is 348 g/mol.